The molecule has 2 rings (SSSR count). The van der Waals surface area contributed by atoms with Crippen LogP contribution in [0.4, 0.5) is 0 Å². The average Bonchev–Trinajstić information content (AvgIpc) is 2.36. The fraction of sp³-hybridized carbons (Fsp3) is 0.500. The molecular weight excluding hydrogens is 250 g/mol. The monoisotopic (exact) mass is 273 g/mol. The highest BCUT2D eigenvalue weighted by Gasteiger charge is 2.16. The minimum atomic E-state index is -0.330. The molecule has 108 valence electrons. The van der Waals surface area contributed by atoms with Crippen molar-refractivity contribution in [1.29, 1.82) is 0 Å². The molecule has 1 atom stereocenters. The third kappa shape index (κ3) is 4.54. The molecular formula is C16H23N3O. The van der Waals surface area contributed by atoms with Crippen molar-refractivity contribution in [2.24, 2.45) is 5.41 Å². The highest BCUT2D eigenvalue weighted by atomic mass is 16.3. The Kier molecular flexibility index (Phi) is 4.68. The van der Waals surface area contributed by atoms with E-state index in [1.165, 1.54) is 0 Å². The molecule has 0 saturated carbocycles. The predicted molar refractivity (Wildman–Crippen MR) is 81.3 cm³/mol. The third-order valence-corrected chi connectivity index (χ3v) is 3.03. The summed E-state index contributed by atoms with van der Waals surface area (Å²) >= 11 is 0. The number of nitrogens with one attached hydrogen (secondary N) is 1. The van der Waals surface area contributed by atoms with Crippen LogP contribution in [-0.2, 0) is 6.54 Å². The zero-order valence-corrected chi connectivity index (χ0v) is 12.4. The summed E-state index contributed by atoms with van der Waals surface area (Å²) in [6, 6.07) is 7.83. The molecule has 20 heavy (non-hydrogen) atoms. The predicted octanol–water partition coefficient (Wildman–Crippen LogP) is 2.52. The molecule has 2 N–H and O–H groups in total. The molecule has 1 aromatic carbocycles. The summed E-state index contributed by atoms with van der Waals surface area (Å²) in [7, 11) is 0. The van der Waals surface area contributed by atoms with Gasteiger partial charge in [-0.3, -0.25) is 4.98 Å². The average molecular weight is 273 g/mol. The molecule has 0 bridgehead atoms. The van der Waals surface area contributed by atoms with Crippen LogP contribution in [0.25, 0.3) is 11.0 Å². The van der Waals surface area contributed by atoms with Crippen LogP contribution in [0.2, 0.25) is 0 Å². The Morgan fingerprint density at radius 3 is 2.60 bits per heavy atom. The molecule has 0 aliphatic heterocycles. The minimum Gasteiger partial charge on any atom is -0.392 e. The van der Waals surface area contributed by atoms with Gasteiger partial charge in [0, 0.05) is 13.1 Å². The van der Waals surface area contributed by atoms with Crippen LogP contribution >= 0.6 is 0 Å². The molecule has 0 amide bonds. The number of nitrogens with zero attached hydrogens (tertiary/aromatic N) is 2. The van der Waals surface area contributed by atoms with E-state index in [9.17, 15) is 5.11 Å². The van der Waals surface area contributed by atoms with Crippen molar-refractivity contribution in [3.05, 3.63) is 36.2 Å². The van der Waals surface area contributed by atoms with E-state index >= 15 is 0 Å². The SMILES string of the molecule is CC(C)(C)CC(O)CNCc1cnc2ccccc2n1. The van der Waals surface area contributed by atoms with E-state index in [-0.39, 0.29) is 11.5 Å². The highest BCUT2D eigenvalue weighted by molar-refractivity contribution is 5.73. The van der Waals surface area contributed by atoms with E-state index in [1.54, 1.807) is 6.20 Å². The zero-order chi connectivity index (χ0) is 14.6. The fourth-order valence-corrected chi connectivity index (χ4v) is 2.23. The normalized spacial score (nSPS) is 13.6. The van der Waals surface area contributed by atoms with Crippen molar-refractivity contribution in [3.8, 4) is 0 Å². The van der Waals surface area contributed by atoms with Crippen LogP contribution in [0.3, 0.4) is 0 Å². The van der Waals surface area contributed by atoms with Crippen molar-refractivity contribution in [2.75, 3.05) is 6.54 Å². The number of aromatic nitrogens is 2. The molecule has 1 heterocycles. The molecule has 1 unspecified atom stereocenters. The van der Waals surface area contributed by atoms with E-state index in [0.29, 0.717) is 13.1 Å². The van der Waals surface area contributed by atoms with Crippen molar-refractivity contribution in [1.82, 2.24) is 15.3 Å². The number of para-hydroxylation sites is 2. The van der Waals surface area contributed by atoms with Crippen molar-refractivity contribution < 1.29 is 5.11 Å². The second-order valence-corrected chi connectivity index (χ2v) is 6.40. The van der Waals surface area contributed by atoms with Gasteiger partial charge in [0.2, 0.25) is 0 Å². The summed E-state index contributed by atoms with van der Waals surface area (Å²) in [6.07, 6.45) is 2.23. The number of benzene rings is 1. The summed E-state index contributed by atoms with van der Waals surface area (Å²) in [5, 5.41) is 13.2. The Balaban J connectivity index is 1.86. The highest BCUT2D eigenvalue weighted by Crippen LogP contribution is 2.20. The molecule has 4 heteroatoms. The second kappa shape index (κ2) is 6.29. The summed E-state index contributed by atoms with van der Waals surface area (Å²) in [4.78, 5) is 8.91. The van der Waals surface area contributed by atoms with Crippen LogP contribution in [-0.4, -0.2) is 27.7 Å². The largest absolute Gasteiger partial charge is 0.392 e. The van der Waals surface area contributed by atoms with Gasteiger partial charge in [-0.05, 0) is 24.0 Å². The smallest absolute Gasteiger partial charge is 0.0890 e. The lowest BCUT2D eigenvalue weighted by Crippen LogP contribution is -2.30. The molecule has 0 aliphatic carbocycles. The number of fused-ring (bicyclic) bond motifs is 1. The summed E-state index contributed by atoms with van der Waals surface area (Å²) in [5.74, 6) is 0. The van der Waals surface area contributed by atoms with Gasteiger partial charge in [0.25, 0.3) is 0 Å². The second-order valence-electron chi connectivity index (χ2n) is 6.40. The van der Waals surface area contributed by atoms with E-state index in [4.69, 9.17) is 0 Å². The first kappa shape index (κ1) is 14.9. The number of hydrogen-bond donors (Lipinski definition) is 2. The van der Waals surface area contributed by atoms with Crippen molar-refractivity contribution >= 4 is 11.0 Å². The standard InChI is InChI=1S/C16H23N3O/c1-16(2,3)8-13(20)11-17-9-12-10-18-14-6-4-5-7-15(14)19-12/h4-7,10,13,17,20H,8-9,11H2,1-3H3. The van der Waals surface area contributed by atoms with Gasteiger partial charge in [0.15, 0.2) is 0 Å². The number of rotatable bonds is 5. The van der Waals surface area contributed by atoms with Gasteiger partial charge in [-0.1, -0.05) is 32.9 Å². The number of aliphatic hydroxyl groups is 1. The van der Waals surface area contributed by atoms with E-state index in [0.717, 1.165) is 23.1 Å². The first-order chi connectivity index (χ1) is 9.44. The van der Waals surface area contributed by atoms with E-state index in [1.807, 2.05) is 24.3 Å². The van der Waals surface area contributed by atoms with Gasteiger partial charge < -0.3 is 10.4 Å². The Morgan fingerprint density at radius 2 is 1.90 bits per heavy atom. The van der Waals surface area contributed by atoms with Crippen LogP contribution in [0.1, 0.15) is 32.9 Å². The zero-order valence-electron chi connectivity index (χ0n) is 12.4. The molecule has 4 nitrogen and oxygen atoms in total. The summed E-state index contributed by atoms with van der Waals surface area (Å²) < 4.78 is 0. The first-order valence-corrected chi connectivity index (χ1v) is 7.03. The Bertz CT molecular complexity index is 563. The first-order valence-electron chi connectivity index (χ1n) is 7.03. The number of hydrogen-bond acceptors (Lipinski definition) is 4. The minimum absolute atomic E-state index is 0.143. The van der Waals surface area contributed by atoms with Gasteiger partial charge >= 0.3 is 0 Å². The Hall–Kier alpha value is -1.52. The molecule has 0 saturated heterocycles. The molecule has 0 spiro atoms. The lowest BCUT2D eigenvalue weighted by atomic mass is 9.89. The van der Waals surface area contributed by atoms with Gasteiger partial charge in [0.1, 0.15) is 0 Å². The number of aliphatic hydroxyl groups excluding tert-OH is 1. The maximum Gasteiger partial charge on any atom is 0.0890 e. The van der Waals surface area contributed by atoms with Gasteiger partial charge in [-0.25, -0.2) is 4.98 Å². The lowest BCUT2D eigenvalue weighted by molar-refractivity contribution is 0.119. The van der Waals surface area contributed by atoms with Crippen LogP contribution in [0.5, 0.6) is 0 Å². The fourth-order valence-electron chi connectivity index (χ4n) is 2.23. The summed E-state index contributed by atoms with van der Waals surface area (Å²) in [6.45, 7) is 7.59. The Labute approximate surface area is 120 Å². The topological polar surface area (TPSA) is 58.0 Å². The van der Waals surface area contributed by atoms with Gasteiger partial charge in [-0.15, -0.1) is 0 Å². The van der Waals surface area contributed by atoms with E-state index < -0.39 is 0 Å². The molecule has 0 fully saturated rings. The molecule has 2 aromatic rings. The third-order valence-electron chi connectivity index (χ3n) is 3.03. The van der Waals surface area contributed by atoms with E-state index in [2.05, 4.69) is 36.1 Å². The van der Waals surface area contributed by atoms with Crippen molar-refractivity contribution in [3.63, 3.8) is 0 Å². The quantitative estimate of drug-likeness (QED) is 0.879. The van der Waals surface area contributed by atoms with Crippen LogP contribution in [0, 0.1) is 5.41 Å². The summed E-state index contributed by atoms with van der Waals surface area (Å²) in [5.41, 5.74) is 2.85. The molecule has 1 aromatic heterocycles. The van der Waals surface area contributed by atoms with Crippen LogP contribution in [0.15, 0.2) is 30.5 Å². The molecule has 0 aliphatic rings. The maximum absolute atomic E-state index is 9.94. The van der Waals surface area contributed by atoms with Gasteiger partial charge in [-0.2, -0.15) is 0 Å². The lowest BCUT2D eigenvalue weighted by Gasteiger charge is -2.22. The maximum atomic E-state index is 9.94. The van der Waals surface area contributed by atoms with Crippen molar-refractivity contribution in [2.45, 2.75) is 39.8 Å². The molecule has 0 radical (unpaired) electrons. The Morgan fingerprint density at radius 1 is 1.20 bits per heavy atom. The van der Waals surface area contributed by atoms with Gasteiger partial charge in [0.05, 0.1) is 29.0 Å². The van der Waals surface area contributed by atoms with Crippen LogP contribution < -0.4 is 5.32 Å².